The van der Waals surface area contributed by atoms with Gasteiger partial charge in [-0.15, -0.1) is 11.8 Å². The van der Waals surface area contributed by atoms with Gasteiger partial charge in [-0.2, -0.15) is 5.10 Å². The molecule has 2 aromatic heterocycles. The summed E-state index contributed by atoms with van der Waals surface area (Å²) in [6.45, 7) is 2.51. The normalized spacial score (nSPS) is 10.6. The van der Waals surface area contributed by atoms with Gasteiger partial charge in [0.15, 0.2) is 0 Å². The van der Waals surface area contributed by atoms with Crippen LogP contribution in [0.5, 0.6) is 0 Å². The molecule has 1 aromatic carbocycles. The van der Waals surface area contributed by atoms with Crippen LogP contribution in [0, 0.1) is 0 Å². The van der Waals surface area contributed by atoms with Crippen molar-refractivity contribution in [2.45, 2.75) is 18.4 Å². The summed E-state index contributed by atoms with van der Waals surface area (Å²) in [7, 11) is 1.88. The highest BCUT2D eigenvalue weighted by atomic mass is 32.2. The lowest BCUT2D eigenvalue weighted by Crippen LogP contribution is -2.23. The van der Waals surface area contributed by atoms with Crippen molar-refractivity contribution in [2.75, 3.05) is 5.75 Å². The number of aromatic nitrogens is 3. The van der Waals surface area contributed by atoms with Gasteiger partial charge in [0.1, 0.15) is 0 Å². The molecule has 0 spiro atoms. The van der Waals surface area contributed by atoms with Crippen molar-refractivity contribution in [3.05, 3.63) is 66.2 Å². The van der Waals surface area contributed by atoms with Gasteiger partial charge in [0.05, 0.1) is 11.8 Å². The molecule has 0 fully saturated rings. The van der Waals surface area contributed by atoms with Gasteiger partial charge in [-0.1, -0.05) is 19.1 Å². The summed E-state index contributed by atoms with van der Waals surface area (Å²) >= 11 is 1.67. The number of carbonyl (C=O) groups excluding carboxylic acids is 1. The summed E-state index contributed by atoms with van der Waals surface area (Å²) in [5, 5.41) is 7.17. The number of nitrogens with zero attached hydrogens (tertiary/aromatic N) is 3. The molecular weight excluding hydrogens is 332 g/mol. The molecule has 0 unspecified atom stereocenters. The fourth-order valence-electron chi connectivity index (χ4n) is 2.53. The van der Waals surface area contributed by atoms with E-state index in [1.54, 1.807) is 35.0 Å². The van der Waals surface area contributed by atoms with E-state index in [-0.39, 0.29) is 5.91 Å². The topological polar surface area (TPSA) is 59.8 Å². The Morgan fingerprint density at radius 2 is 2.04 bits per heavy atom. The van der Waals surface area contributed by atoms with Gasteiger partial charge in [-0.05, 0) is 29.5 Å². The van der Waals surface area contributed by atoms with E-state index in [2.05, 4.69) is 22.3 Å². The van der Waals surface area contributed by atoms with Crippen LogP contribution in [-0.2, 0) is 13.6 Å². The minimum atomic E-state index is -0.0664. The lowest BCUT2D eigenvalue weighted by atomic mass is 10.1. The van der Waals surface area contributed by atoms with E-state index in [0.717, 1.165) is 27.3 Å². The highest BCUT2D eigenvalue weighted by Crippen LogP contribution is 2.22. The first-order valence-electron chi connectivity index (χ1n) is 8.10. The third kappa shape index (κ3) is 4.28. The molecule has 1 amide bonds. The maximum absolute atomic E-state index is 12.5. The van der Waals surface area contributed by atoms with E-state index in [9.17, 15) is 4.79 Å². The largest absolute Gasteiger partial charge is 0.348 e. The van der Waals surface area contributed by atoms with Gasteiger partial charge in [0.25, 0.3) is 5.91 Å². The highest BCUT2D eigenvalue weighted by Gasteiger charge is 2.11. The fraction of sp³-hybridized carbons (Fsp3) is 0.211. The Hall–Kier alpha value is -2.60. The van der Waals surface area contributed by atoms with Crippen LogP contribution in [0.2, 0.25) is 0 Å². The third-order valence-corrected chi connectivity index (χ3v) is 4.67. The molecule has 128 valence electrons. The monoisotopic (exact) mass is 352 g/mol. The number of aryl methyl sites for hydroxylation is 1. The standard InChI is InChI=1S/C19H20N4OS/c1-3-25-18-7-5-4-6-17(18)19(24)21-10-14-8-15(11-20-9-14)16-12-22-23(2)13-16/h4-9,11-13H,3,10H2,1-2H3,(H,21,24). The SMILES string of the molecule is CCSc1ccccc1C(=O)NCc1cncc(-c2cnn(C)c2)c1. The molecule has 3 aromatic rings. The molecular formula is C19H20N4OS. The van der Waals surface area contributed by atoms with Gasteiger partial charge in [-0.3, -0.25) is 14.5 Å². The van der Waals surface area contributed by atoms with Crippen molar-refractivity contribution in [1.82, 2.24) is 20.1 Å². The Morgan fingerprint density at radius 3 is 2.80 bits per heavy atom. The lowest BCUT2D eigenvalue weighted by Gasteiger charge is -2.09. The zero-order chi connectivity index (χ0) is 17.6. The van der Waals surface area contributed by atoms with Crippen LogP contribution >= 0.6 is 11.8 Å². The van der Waals surface area contributed by atoms with Crippen LogP contribution in [0.4, 0.5) is 0 Å². The maximum atomic E-state index is 12.5. The summed E-state index contributed by atoms with van der Waals surface area (Å²) in [6, 6.07) is 9.71. The van der Waals surface area contributed by atoms with Crippen LogP contribution in [0.25, 0.3) is 11.1 Å². The van der Waals surface area contributed by atoms with Crippen molar-refractivity contribution >= 4 is 17.7 Å². The molecule has 0 saturated carbocycles. The zero-order valence-electron chi connectivity index (χ0n) is 14.3. The van der Waals surface area contributed by atoms with Gasteiger partial charge in [0.2, 0.25) is 0 Å². The van der Waals surface area contributed by atoms with E-state index >= 15 is 0 Å². The number of pyridine rings is 1. The molecule has 0 radical (unpaired) electrons. The molecule has 6 heteroatoms. The van der Waals surface area contributed by atoms with E-state index in [1.165, 1.54) is 0 Å². The smallest absolute Gasteiger partial charge is 0.252 e. The Kier molecular flexibility index (Phi) is 5.50. The van der Waals surface area contributed by atoms with E-state index < -0.39 is 0 Å². The van der Waals surface area contributed by atoms with E-state index in [1.807, 2.05) is 43.6 Å². The second-order valence-corrected chi connectivity index (χ2v) is 6.90. The third-order valence-electron chi connectivity index (χ3n) is 3.72. The minimum absolute atomic E-state index is 0.0664. The molecule has 5 nitrogen and oxygen atoms in total. The number of amides is 1. The van der Waals surface area contributed by atoms with Crippen molar-refractivity contribution in [3.8, 4) is 11.1 Å². The van der Waals surface area contributed by atoms with Gasteiger partial charge in [0, 0.05) is 48.2 Å². The summed E-state index contributed by atoms with van der Waals surface area (Å²) in [6.07, 6.45) is 7.32. The quantitative estimate of drug-likeness (QED) is 0.690. The molecule has 1 N–H and O–H groups in total. The zero-order valence-corrected chi connectivity index (χ0v) is 15.1. The number of thioether (sulfide) groups is 1. The summed E-state index contributed by atoms with van der Waals surface area (Å²) < 4.78 is 1.76. The molecule has 0 aliphatic heterocycles. The van der Waals surface area contributed by atoms with Gasteiger partial charge < -0.3 is 5.32 Å². The molecule has 0 aliphatic rings. The second kappa shape index (κ2) is 7.98. The van der Waals surface area contributed by atoms with Crippen LogP contribution in [-0.4, -0.2) is 26.4 Å². The molecule has 2 heterocycles. The van der Waals surface area contributed by atoms with Crippen LogP contribution in [0.15, 0.2) is 60.0 Å². The molecule has 0 aliphatic carbocycles. The number of hydrogen-bond donors (Lipinski definition) is 1. The van der Waals surface area contributed by atoms with E-state index in [0.29, 0.717) is 12.1 Å². The van der Waals surface area contributed by atoms with Gasteiger partial charge in [-0.25, -0.2) is 0 Å². The maximum Gasteiger partial charge on any atom is 0.252 e. The summed E-state index contributed by atoms with van der Waals surface area (Å²) in [4.78, 5) is 17.8. The molecule has 0 saturated heterocycles. The number of carbonyl (C=O) groups is 1. The Morgan fingerprint density at radius 1 is 1.20 bits per heavy atom. The number of nitrogens with one attached hydrogen (secondary N) is 1. The second-order valence-electron chi connectivity index (χ2n) is 5.60. The Bertz CT molecular complexity index is 875. The predicted octanol–water partition coefficient (Wildman–Crippen LogP) is 3.52. The number of benzene rings is 1. The molecule has 0 atom stereocenters. The first-order valence-corrected chi connectivity index (χ1v) is 9.09. The molecule has 0 bridgehead atoms. The van der Waals surface area contributed by atoms with Crippen LogP contribution in [0.1, 0.15) is 22.8 Å². The highest BCUT2D eigenvalue weighted by molar-refractivity contribution is 7.99. The summed E-state index contributed by atoms with van der Waals surface area (Å²) in [5.41, 5.74) is 3.66. The predicted molar refractivity (Wildman–Crippen MR) is 100 cm³/mol. The first-order chi connectivity index (χ1) is 12.2. The van der Waals surface area contributed by atoms with Crippen LogP contribution < -0.4 is 5.32 Å². The van der Waals surface area contributed by atoms with E-state index in [4.69, 9.17) is 0 Å². The minimum Gasteiger partial charge on any atom is -0.348 e. The first kappa shape index (κ1) is 17.2. The molecule has 3 rings (SSSR count). The average Bonchev–Trinajstić information content (AvgIpc) is 3.07. The lowest BCUT2D eigenvalue weighted by molar-refractivity contribution is 0.0948. The summed E-state index contributed by atoms with van der Waals surface area (Å²) in [5.74, 6) is 0.866. The van der Waals surface area contributed by atoms with Crippen molar-refractivity contribution in [3.63, 3.8) is 0 Å². The Labute approximate surface area is 151 Å². The van der Waals surface area contributed by atoms with Crippen molar-refractivity contribution < 1.29 is 4.79 Å². The van der Waals surface area contributed by atoms with Crippen LogP contribution in [0.3, 0.4) is 0 Å². The number of rotatable bonds is 6. The van der Waals surface area contributed by atoms with Gasteiger partial charge >= 0.3 is 0 Å². The number of hydrogen-bond acceptors (Lipinski definition) is 4. The van der Waals surface area contributed by atoms with Crippen molar-refractivity contribution in [1.29, 1.82) is 0 Å². The molecule has 25 heavy (non-hydrogen) atoms. The van der Waals surface area contributed by atoms with Crippen molar-refractivity contribution in [2.24, 2.45) is 7.05 Å². The fourth-order valence-corrected chi connectivity index (χ4v) is 3.33. The Balaban J connectivity index is 1.71. The average molecular weight is 352 g/mol.